The zero-order valence-electron chi connectivity index (χ0n) is 18.8. The molecule has 0 spiro atoms. The monoisotopic (exact) mass is 452 g/mol. The van der Waals surface area contributed by atoms with Crippen molar-refractivity contribution in [2.24, 2.45) is 0 Å². The van der Waals surface area contributed by atoms with Crippen molar-refractivity contribution >= 4 is 17.2 Å². The van der Waals surface area contributed by atoms with Gasteiger partial charge in [-0.15, -0.1) is 0 Å². The molecule has 8 nitrogen and oxygen atoms in total. The van der Waals surface area contributed by atoms with Crippen molar-refractivity contribution in [3.05, 3.63) is 78.2 Å². The maximum Gasteiger partial charge on any atom is 0.251 e. The third-order valence-corrected chi connectivity index (χ3v) is 5.96. The van der Waals surface area contributed by atoms with E-state index in [1.54, 1.807) is 16.9 Å². The van der Waals surface area contributed by atoms with Gasteiger partial charge < -0.3 is 15.0 Å². The topological polar surface area (TPSA) is 95.5 Å². The van der Waals surface area contributed by atoms with Crippen molar-refractivity contribution in [1.82, 2.24) is 19.9 Å². The molecule has 3 aromatic heterocycles. The van der Waals surface area contributed by atoms with E-state index in [0.29, 0.717) is 30.0 Å². The van der Waals surface area contributed by atoms with Gasteiger partial charge in [-0.1, -0.05) is 18.2 Å². The number of anilines is 1. The summed E-state index contributed by atoms with van der Waals surface area (Å²) in [5.74, 6) is 1.48. The van der Waals surface area contributed by atoms with Gasteiger partial charge in [0.1, 0.15) is 17.6 Å². The Morgan fingerprint density at radius 3 is 2.82 bits per heavy atom. The summed E-state index contributed by atoms with van der Waals surface area (Å²) in [4.78, 5) is 19.3. The Morgan fingerprint density at radius 1 is 1.24 bits per heavy atom. The molecule has 1 fully saturated rings. The predicted octanol–water partition coefficient (Wildman–Crippen LogP) is 3.68. The van der Waals surface area contributed by atoms with Crippen molar-refractivity contribution in [3.8, 4) is 22.9 Å². The number of nitrogens with one attached hydrogen (secondary N) is 1. The van der Waals surface area contributed by atoms with Gasteiger partial charge in [0.2, 0.25) is 0 Å². The van der Waals surface area contributed by atoms with E-state index in [0.717, 1.165) is 35.4 Å². The van der Waals surface area contributed by atoms with Crippen molar-refractivity contribution in [2.75, 3.05) is 24.6 Å². The lowest BCUT2D eigenvalue weighted by Crippen LogP contribution is -2.37. The number of rotatable bonds is 6. The summed E-state index contributed by atoms with van der Waals surface area (Å²) in [7, 11) is 0. The van der Waals surface area contributed by atoms with Crippen LogP contribution in [0.3, 0.4) is 0 Å². The first-order valence-electron chi connectivity index (χ1n) is 11.3. The van der Waals surface area contributed by atoms with Crippen molar-refractivity contribution in [3.63, 3.8) is 0 Å². The van der Waals surface area contributed by atoms with Gasteiger partial charge in [0.15, 0.2) is 0 Å². The molecule has 8 heteroatoms. The van der Waals surface area contributed by atoms with E-state index in [1.165, 1.54) is 0 Å². The van der Waals surface area contributed by atoms with Crippen LogP contribution >= 0.6 is 0 Å². The fraction of sp³-hybridized carbons (Fsp3) is 0.231. The highest BCUT2D eigenvalue weighted by Gasteiger charge is 2.25. The lowest BCUT2D eigenvalue weighted by Gasteiger charge is -2.18. The number of nitriles is 1. The number of benzene rings is 1. The Balaban J connectivity index is 1.35. The second kappa shape index (κ2) is 9.24. The Labute approximate surface area is 197 Å². The first-order chi connectivity index (χ1) is 16.7. The van der Waals surface area contributed by atoms with Gasteiger partial charge in [0, 0.05) is 42.0 Å². The van der Waals surface area contributed by atoms with Gasteiger partial charge in [0.05, 0.1) is 30.1 Å². The number of hydrogen-bond donors (Lipinski definition) is 1. The second-order valence-electron chi connectivity index (χ2n) is 8.16. The zero-order chi connectivity index (χ0) is 23.5. The minimum absolute atomic E-state index is 0.0527. The number of nitrogens with zero attached hydrogens (tertiary/aromatic N) is 5. The van der Waals surface area contributed by atoms with Crippen LogP contribution in [0.2, 0.25) is 0 Å². The number of pyridine rings is 2. The van der Waals surface area contributed by atoms with Crippen LogP contribution in [0, 0.1) is 11.3 Å². The van der Waals surface area contributed by atoms with E-state index in [-0.39, 0.29) is 11.9 Å². The number of amides is 1. The molecule has 1 aliphatic rings. The predicted molar refractivity (Wildman–Crippen MR) is 129 cm³/mol. The Kier molecular flexibility index (Phi) is 5.83. The third-order valence-electron chi connectivity index (χ3n) is 5.96. The largest absolute Gasteiger partial charge is 0.492 e. The summed E-state index contributed by atoms with van der Waals surface area (Å²) < 4.78 is 7.37. The molecule has 0 radical (unpaired) electrons. The highest BCUT2D eigenvalue weighted by Crippen LogP contribution is 2.31. The van der Waals surface area contributed by atoms with E-state index >= 15 is 0 Å². The summed E-state index contributed by atoms with van der Waals surface area (Å²) in [6.07, 6.45) is 6.01. The van der Waals surface area contributed by atoms with E-state index in [4.69, 9.17) is 9.72 Å². The maximum absolute atomic E-state index is 12.5. The van der Waals surface area contributed by atoms with E-state index in [1.807, 2.05) is 61.7 Å². The molecule has 1 N–H and O–H groups in total. The molecule has 0 saturated carbocycles. The van der Waals surface area contributed by atoms with Gasteiger partial charge in [-0.05, 0) is 43.7 Å². The lowest BCUT2D eigenvalue weighted by atomic mass is 10.1. The number of hydrogen-bond acceptors (Lipinski definition) is 6. The molecule has 170 valence electrons. The number of ether oxygens (including phenoxy) is 1. The number of carbonyl (C=O) groups is 1. The van der Waals surface area contributed by atoms with Gasteiger partial charge >= 0.3 is 0 Å². The fourth-order valence-electron chi connectivity index (χ4n) is 4.32. The third kappa shape index (κ3) is 4.16. The summed E-state index contributed by atoms with van der Waals surface area (Å²) in [5.41, 5.74) is 3.61. The maximum atomic E-state index is 12.5. The summed E-state index contributed by atoms with van der Waals surface area (Å²) >= 11 is 0. The number of carbonyl (C=O) groups excluding carboxylic acids is 1. The van der Waals surface area contributed by atoms with Crippen LogP contribution in [0.1, 0.15) is 29.3 Å². The Bertz CT molecular complexity index is 1360. The summed E-state index contributed by atoms with van der Waals surface area (Å²) in [5, 5.41) is 17.0. The van der Waals surface area contributed by atoms with Gasteiger partial charge in [-0.25, -0.2) is 9.50 Å². The van der Waals surface area contributed by atoms with Crippen LogP contribution in [-0.2, 0) is 0 Å². The molecule has 4 heterocycles. The SMILES string of the molecule is CCOc1cc(-c2ccc(N3CCC(NC(=O)c4ccccc4)C3)nc2)c2c(C#N)cnn2c1. The van der Waals surface area contributed by atoms with Crippen LogP contribution in [-0.4, -0.2) is 46.2 Å². The number of fused-ring (bicyclic) bond motifs is 1. The quantitative estimate of drug-likeness (QED) is 0.480. The molecular weight excluding hydrogens is 428 g/mol. The first kappa shape index (κ1) is 21.5. The molecule has 1 atom stereocenters. The molecule has 1 amide bonds. The summed E-state index contributed by atoms with van der Waals surface area (Å²) in [6, 6.07) is 17.4. The van der Waals surface area contributed by atoms with Crippen LogP contribution in [0.4, 0.5) is 5.82 Å². The van der Waals surface area contributed by atoms with Crippen LogP contribution in [0.5, 0.6) is 5.75 Å². The average Bonchev–Trinajstić information content (AvgIpc) is 3.51. The molecular formula is C26H24N6O2. The lowest BCUT2D eigenvalue weighted by molar-refractivity contribution is 0.0940. The van der Waals surface area contributed by atoms with Crippen molar-refractivity contribution in [1.29, 1.82) is 5.26 Å². The van der Waals surface area contributed by atoms with Crippen LogP contribution in [0.15, 0.2) is 67.1 Å². The average molecular weight is 453 g/mol. The van der Waals surface area contributed by atoms with E-state index < -0.39 is 0 Å². The number of aromatic nitrogens is 3. The standard InChI is InChI=1S/C26H24N6O2/c1-2-34-22-12-23(25-20(13-27)15-29-32(25)17-22)19-8-9-24(28-14-19)31-11-10-21(16-31)30-26(33)18-6-4-3-5-7-18/h3-9,12,14-15,17,21H,2,10-11,16H2,1H3,(H,30,33). The highest BCUT2D eigenvalue weighted by atomic mass is 16.5. The fourth-order valence-corrected chi connectivity index (χ4v) is 4.32. The molecule has 1 aliphatic heterocycles. The first-order valence-corrected chi connectivity index (χ1v) is 11.3. The molecule has 1 unspecified atom stereocenters. The molecule has 34 heavy (non-hydrogen) atoms. The zero-order valence-corrected chi connectivity index (χ0v) is 18.8. The minimum Gasteiger partial charge on any atom is -0.492 e. The molecule has 1 aromatic carbocycles. The van der Waals surface area contributed by atoms with Crippen LogP contribution in [0.25, 0.3) is 16.6 Å². The van der Waals surface area contributed by atoms with Crippen molar-refractivity contribution < 1.29 is 9.53 Å². The smallest absolute Gasteiger partial charge is 0.251 e. The van der Waals surface area contributed by atoms with E-state index in [2.05, 4.69) is 21.4 Å². The van der Waals surface area contributed by atoms with Crippen molar-refractivity contribution in [2.45, 2.75) is 19.4 Å². The van der Waals surface area contributed by atoms with E-state index in [9.17, 15) is 10.1 Å². The van der Waals surface area contributed by atoms with Gasteiger partial charge in [0.25, 0.3) is 5.91 Å². The normalized spacial score (nSPS) is 15.3. The Hall–Kier alpha value is -4.38. The molecule has 0 aliphatic carbocycles. The minimum atomic E-state index is -0.0527. The molecule has 0 bridgehead atoms. The Morgan fingerprint density at radius 2 is 2.09 bits per heavy atom. The molecule has 5 rings (SSSR count). The van der Waals surface area contributed by atoms with Crippen LogP contribution < -0.4 is 15.0 Å². The summed E-state index contributed by atoms with van der Waals surface area (Å²) in [6.45, 7) is 3.98. The molecule has 1 saturated heterocycles. The highest BCUT2D eigenvalue weighted by molar-refractivity contribution is 5.94. The molecule has 4 aromatic rings. The van der Waals surface area contributed by atoms with Gasteiger partial charge in [-0.2, -0.15) is 10.4 Å². The second-order valence-corrected chi connectivity index (χ2v) is 8.16. The van der Waals surface area contributed by atoms with Gasteiger partial charge in [-0.3, -0.25) is 4.79 Å².